The minimum Gasteiger partial charge on any atom is -0.495 e. The van der Waals surface area contributed by atoms with Gasteiger partial charge in [-0.3, -0.25) is 4.90 Å². The van der Waals surface area contributed by atoms with E-state index in [0.717, 1.165) is 4.41 Å². The summed E-state index contributed by atoms with van der Waals surface area (Å²) in [7, 11) is 1.50. The van der Waals surface area contributed by atoms with Gasteiger partial charge in [0.05, 0.1) is 12.1 Å². The second-order valence-corrected chi connectivity index (χ2v) is 7.56. The van der Waals surface area contributed by atoms with Gasteiger partial charge in [0.1, 0.15) is 11.9 Å². The van der Waals surface area contributed by atoms with E-state index < -0.39 is 9.95 Å². The first kappa shape index (κ1) is 17.7. The highest BCUT2D eigenvalue weighted by molar-refractivity contribution is 8.01. The molecule has 2 amide bonds. The molecule has 5 nitrogen and oxygen atoms in total. The average molecular weight is 389 g/mol. The predicted octanol–water partition coefficient (Wildman–Crippen LogP) is 4.54. The van der Waals surface area contributed by atoms with Crippen LogP contribution in [0.4, 0.5) is 14.9 Å². The van der Waals surface area contributed by atoms with Crippen molar-refractivity contribution in [2.45, 2.75) is 23.4 Å². The van der Waals surface area contributed by atoms with Crippen molar-refractivity contribution in [1.29, 1.82) is 0 Å². The number of hydrogen-bond acceptors (Lipinski definition) is 4. The summed E-state index contributed by atoms with van der Waals surface area (Å²) < 4.78 is 16.8. The first-order valence-corrected chi connectivity index (χ1v) is 8.16. The molecule has 0 aromatic heterocycles. The van der Waals surface area contributed by atoms with Gasteiger partial charge in [-0.15, -0.1) is 0 Å². The maximum Gasteiger partial charge on any atom is 0.350 e. The monoisotopic (exact) mass is 387 g/mol. The third-order valence-electron chi connectivity index (χ3n) is 2.95. The van der Waals surface area contributed by atoms with Gasteiger partial charge in [0, 0.05) is 17.6 Å². The Bertz CT molecular complexity index is 573. The number of rotatable bonds is 5. The Morgan fingerprint density at radius 2 is 2.18 bits per heavy atom. The number of ether oxygens (including phenoxy) is 1. The molecule has 1 fully saturated rings. The normalized spacial score (nSPS) is 19.0. The summed E-state index contributed by atoms with van der Waals surface area (Å²) in [4.78, 5) is 13.9. The van der Waals surface area contributed by atoms with E-state index in [1.165, 1.54) is 12.0 Å². The molecule has 1 N–H and O–H groups in total. The summed E-state index contributed by atoms with van der Waals surface area (Å²) in [6.45, 7) is 1.88. The van der Waals surface area contributed by atoms with Crippen LogP contribution < -0.4 is 15.1 Å². The summed E-state index contributed by atoms with van der Waals surface area (Å²) >= 11 is 17.0. The number of urea groups is 1. The zero-order valence-electron chi connectivity index (χ0n) is 11.6. The topological polar surface area (TPSA) is 44.8 Å². The van der Waals surface area contributed by atoms with E-state index in [9.17, 15) is 9.18 Å². The lowest BCUT2D eigenvalue weighted by molar-refractivity contribution is 0.235. The first-order chi connectivity index (χ1) is 10.3. The molecule has 1 aliphatic rings. The molecule has 0 radical (unpaired) electrons. The molecule has 1 atom stereocenters. The zero-order valence-corrected chi connectivity index (χ0v) is 14.7. The number of nitrogens with zero attached hydrogens (tertiary/aromatic N) is 2. The van der Waals surface area contributed by atoms with Crippen LogP contribution in [0, 0.1) is 0 Å². The Morgan fingerprint density at radius 1 is 1.50 bits per heavy atom. The van der Waals surface area contributed by atoms with E-state index in [4.69, 9.17) is 39.5 Å². The molecule has 0 aliphatic carbocycles. The van der Waals surface area contributed by atoms with Crippen LogP contribution in [0.3, 0.4) is 0 Å². The van der Waals surface area contributed by atoms with Crippen molar-refractivity contribution in [1.82, 2.24) is 9.84 Å². The molecule has 1 aromatic carbocycles. The first-order valence-electron chi connectivity index (χ1n) is 6.25. The minimum atomic E-state index is -2.62. The molecule has 0 spiro atoms. The summed E-state index contributed by atoms with van der Waals surface area (Å²) in [5.74, 6) is 0.494. The van der Waals surface area contributed by atoms with Gasteiger partial charge in [-0.1, -0.05) is 41.7 Å². The lowest BCUT2D eigenvalue weighted by Crippen LogP contribution is -2.36. The van der Waals surface area contributed by atoms with Crippen LogP contribution in [0.1, 0.15) is 13.3 Å². The highest BCUT2D eigenvalue weighted by Gasteiger charge is 2.42. The average Bonchev–Trinajstić information content (AvgIpc) is 2.73. The minimum absolute atomic E-state index is 0.339. The molecule has 122 valence electrons. The van der Waals surface area contributed by atoms with Crippen LogP contribution >= 0.6 is 46.8 Å². The summed E-state index contributed by atoms with van der Waals surface area (Å²) in [6, 6.07) is 4.43. The van der Waals surface area contributed by atoms with Gasteiger partial charge >= 0.3 is 9.95 Å². The van der Waals surface area contributed by atoms with E-state index in [2.05, 4.69) is 5.43 Å². The van der Waals surface area contributed by atoms with E-state index in [0.29, 0.717) is 34.8 Å². The number of hydrogen-bond donors (Lipinski definition) is 1. The van der Waals surface area contributed by atoms with E-state index in [1.54, 1.807) is 18.2 Å². The van der Waals surface area contributed by atoms with Crippen LogP contribution in [0.5, 0.6) is 5.75 Å². The molecule has 1 heterocycles. The third-order valence-corrected chi connectivity index (χ3v) is 4.31. The van der Waals surface area contributed by atoms with Crippen molar-refractivity contribution < 1.29 is 13.9 Å². The number of carbonyl (C=O) groups excluding carboxylic acids is 1. The Labute approximate surface area is 146 Å². The van der Waals surface area contributed by atoms with E-state index in [1.807, 2.05) is 6.92 Å². The fraction of sp³-hybridized carbons (Fsp3) is 0.417. The Morgan fingerprint density at radius 3 is 2.68 bits per heavy atom. The predicted molar refractivity (Wildman–Crippen MR) is 88.1 cm³/mol. The molecule has 1 aliphatic heterocycles. The number of carbonyl (C=O) groups is 1. The highest BCUT2D eigenvalue weighted by Crippen LogP contribution is 2.41. The van der Waals surface area contributed by atoms with Gasteiger partial charge in [-0.2, -0.15) is 14.2 Å². The Hall–Kier alpha value is -0.600. The summed E-state index contributed by atoms with van der Waals surface area (Å²) in [6.07, 6.45) is 0.205. The van der Waals surface area contributed by atoms with Crippen LogP contribution in [0.25, 0.3) is 0 Å². The summed E-state index contributed by atoms with van der Waals surface area (Å²) in [5, 5.41) is 0.364. The lowest BCUT2D eigenvalue weighted by Gasteiger charge is -2.21. The molecule has 2 rings (SSSR count). The van der Waals surface area contributed by atoms with E-state index >= 15 is 0 Å². The van der Waals surface area contributed by atoms with Crippen LogP contribution in [0.2, 0.25) is 5.02 Å². The lowest BCUT2D eigenvalue weighted by atomic mass is 10.2. The maximum absolute atomic E-state index is 13.3. The standard InChI is InChI=1S/C12H13Cl3FN3O2S/c1-3-10-17-19(22-12(14,15)16)11(20)18(10)7-4-5-9(21-2)8(13)6-7/h4-6,10,17H,3H2,1-2H3. The smallest absolute Gasteiger partial charge is 0.350 e. The van der Waals surface area contributed by atoms with Gasteiger partial charge in [-0.25, -0.2) is 4.79 Å². The second kappa shape index (κ2) is 6.88. The molecule has 0 bridgehead atoms. The SMILES string of the molecule is CCC1NN(SC(F)(Cl)Cl)C(=O)N1c1ccc(OC)c(Cl)c1. The molecule has 22 heavy (non-hydrogen) atoms. The van der Waals surface area contributed by atoms with Gasteiger partial charge in [0.25, 0.3) is 0 Å². The fourth-order valence-corrected chi connectivity index (χ4v) is 3.23. The van der Waals surface area contributed by atoms with Gasteiger partial charge in [0.15, 0.2) is 0 Å². The van der Waals surface area contributed by atoms with Crippen molar-refractivity contribution >= 4 is 58.5 Å². The fourth-order valence-electron chi connectivity index (χ4n) is 2.02. The molecular weight excluding hydrogens is 376 g/mol. The highest BCUT2D eigenvalue weighted by atomic mass is 35.5. The molecule has 10 heteroatoms. The number of alkyl halides is 3. The van der Waals surface area contributed by atoms with Crippen molar-refractivity contribution in [3.63, 3.8) is 0 Å². The van der Waals surface area contributed by atoms with Crippen molar-refractivity contribution in [3.8, 4) is 5.75 Å². The van der Waals surface area contributed by atoms with Crippen molar-refractivity contribution in [2.24, 2.45) is 0 Å². The second-order valence-electron chi connectivity index (χ2n) is 4.36. The van der Waals surface area contributed by atoms with Crippen LogP contribution in [-0.2, 0) is 0 Å². The van der Waals surface area contributed by atoms with Gasteiger partial charge in [0.2, 0.25) is 0 Å². The quantitative estimate of drug-likeness (QED) is 0.594. The number of methoxy groups -OCH3 is 1. The molecule has 0 saturated carbocycles. The number of nitrogens with one attached hydrogen (secondary N) is 1. The molecule has 1 aromatic rings. The molecule has 1 saturated heterocycles. The Kier molecular flexibility index (Phi) is 5.55. The number of benzene rings is 1. The van der Waals surface area contributed by atoms with Gasteiger partial charge in [-0.05, 0) is 24.6 Å². The largest absolute Gasteiger partial charge is 0.495 e. The zero-order chi connectivity index (χ0) is 16.5. The number of halogens is 4. The van der Waals surface area contributed by atoms with E-state index in [-0.39, 0.29) is 6.17 Å². The number of hydrazine groups is 1. The molecular formula is C12H13Cl3FN3O2S. The summed E-state index contributed by atoms with van der Waals surface area (Å²) in [5.41, 5.74) is 3.38. The maximum atomic E-state index is 13.3. The third kappa shape index (κ3) is 3.83. The van der Waals surface area contributed by atoms with Crippen molar-refractivity contribution in [2.75, 3.05) is 12.0 Å². The number of anilines is 1. The van der Waals surface area contributed by atoms with Crippen LogP contribution in [-0.4, -0.2) is 27.6 Å². The van der Waals surface area contributed by atoms with Crippen LogP contribution in [0.15, 0.2) is 18.2 Å². The molecule has 1 unspecified atom stereocenters. The van der Waals surface area contributed by atoms with Gasteiger partial charge < -0.3 is 4.74 Å². The number of amides is 2. The van der Waals surface area contributed by atoms with Crippen molar-refractivity contribution in [3.05, 3.63) is 23.2 Å². The Balaban J connectivity index is 2.28.